The molecule has 2 heterocycles. The van der Waals surface area contributed by atoms with E-state index in [1.807, 2.05) is 12.1 Å². The molecule has 1 atom stereocenters. The Morgan fingerprint density at radius 2 is 2.46 bits per heavy atom. The zero-order valence-corrected chi connectivity index (χ0v) is 8.31. The van der Waals surface area contributed by atoms with Crippen LogP contribution >= 0.6 is 11.6 Å². The van der Waals surface area contributed by atoms with E-state index < -0.39 is 0 Å². The van der Waals surface area contributed by atoms with Gasteiger partial charge in [-0.3, -0.25) is 0 Å². The van der Waals surface area contributed by atoms with Gasteiger partial charge in [0.25, 0.3) is 0 Å². The number of rotatable bonds is 2. The molecule has 3 heteroatoms. The summed E-state index contributed by atoms with van der Waals surface area (Å²) in [6.45, 7) is 2.27. The Bertz CT molecular complexity index is 266. The number of nitrogens with one attached hydrogen (secondary N) is 1. The van der Waals surface area contributed by atoms with Gasteiger partial charge < -0.3 is 9.73 Å². The summed E-state index contributed by atoms with van der Waals surface area (Å²) in [4.78, 5) is 0. The molecule has 13 heavy (non-hydrogen) atoms. The van der Waals surface area contributed by atoms with Gasteiger partial charge in [-0.15, -0.1) is 0 Å². The lowest BCUT2D eigenvalue weighted by Gasteiger charge is -2.21. The van der Waals surface area contributed by atoms with E-state index >= 15 is 0 Å². The molecule has 1 aliphatic rings. The van der Waals surface area contributed by atoms with Gasteiger partial charge in [0.1, 0.15) is 5.76 Å². The summed E-state index contributed by atoms with van der Waals surface area (Å²) in [5.74, 6) is 1.73. The lowest BCUT2D eigenvalue weighted by molar-refractivity contribution is 0.351. The van der Waals surface area contributed by atoms with Crippen molar-refractivity contribution in [3.8, 4) is 0 Å². The topological polar surface area (TPSA) is 25.2 Å². The van der Waals surface area contributed by atoms with E-state index in [2.05, 4.69) is 5.32 Å². The van der Waals surface area contributed by atoms with Crippen LogP contribution in [-0.2, 0) is 6.42 Å². The fourth-order valence-corrected chi connectivity index (χ4v) is 2.01. The van der Waals surface area contributed by atoms with E-state index in [0.29, 0.717) is 5.22 Å². The fraction of sp³-hybridized carbons (Fsp3) is 0.600. The number of hydrogen-bond donors (Lipinski definition) is 1. The summed E-state index contributed by atoms with van der Waals surface area (Å²) in [6, 6.07) is 3.78. The first-order chi connectivity index (χ1) is 6.34. The van der Waals surface area contributed by atoms with Crippen LogP contribution in [-0.4, -0.2) is 13.1 Å². The van der Waals surface area contributed by atoms with E-state index in [-0.39, 0.29) is 0 Å². The van der Waals surface area contributed by atoms with Crippen LogP contribution in [0.25, 0.3) is 0 Å². The predicted octanol–water partition coefficient (Wildman–Crippen LogP) is 2.48. The number of furan rings is 1. The molecule has 2 nitrogen and oxygen atoms in total. The van der Waals surface area contributed by atoms with Crippen LogP contribution in [0.3, 0.4) is 0 Å². The molecule has 1 aliphatic heterocycles. The number of piperidine rings is 1. The van der Waals surface area contributed by atoms with E-state index in [1.165, 1.54) is 12.8 Å². The maximum atomic E-state index is 5.70. The molecule has 1 fully saturated rings. The molecule has 2 rings (SSSR count). The summed E-state index contributed by atoms with van der Waals surface area (Å²) in [6.07, 6.45) is 3.59. The molecule has 0 aromatic carbocycles. The largest absolute Gasteiger partial charge is 0.450 e. The Kier molecular flexibility index (Phi) is 2.91. The highest BCUT2D eigenvalue weighted by Gasteiger charge is 2.14. The van der Waals surface area contributed by atoms with Gasteiger partial charge in [-0.05, 0) is 55.6 Å². The molecule has 1 aromatic rings. The molecule has 1 unspecified atom stereocenters. The van der Waals surface area contributed by atoms with Crippen molar-refractivity contribution in [2.24, 2.45) is 5.92 Å². The molecule has 1 N–H and O–H groups in total. The van der Waals surface area contributed by atoms with Crippen LogP contribution in [0, 0.1) is 5.92 Å². The highest BCUT2D eigenvalue weighted by Crippen LogP contribution is 2.20. The first-order valence-corrected chi connectivity index (χ1v) is 5.17. The van der Waals surface area contributed by atoms with Crippen LogP contribution < -0.4 is 5.32 Å². The van der Waals surface area contributed by atoms with Crippen LogP contribution in [0.4, 0.5) is 0 Å². The standard InChI is InChI=1S/C10H14ClNO/c11-10-4-3-9(13-10)6-8-2-1-5-12-7-8/h3-4,8,12H,1-2,5-7H2. The molecule has 0 aliphatic carbocycles. The van der Waals surface area contributed by atoms with Gasteiger partial charge >= 0.3 is 0 Å². The van der Waals surface area contributed by atoms with Crippen LogP contribution in [0.15, 0.2) is 16.5 Å². The fourth-order valence-electron chi connectivity index (χ4n) is 1.84. The van der Waals surface area contributed by atoms with Crippen molar-refractivity contribution in [2.75, 3.05) is 13.1 Å². The SMILES string of the molecule is Clc1ccc(CC2CCCNC2)o1. The number of hydrogen-bond acceptors (Lipinski definition) is 2. The van der Waals surface area contributed by atoms with Gasteiger partial charge in [0.05, 0.1) is 0 Å². The molecule has 0 bridgehead atoms. The molecule has 72 valence electrons. The molecular formula is C10H14ClNO. The van der Waals surface area contributed by atoms with Gasteiger partial charge in [0, 0.05) is 6.42 Å². The highest BCUT2D eigenvalue weighted by molar-refractivity contribution is 6.28. The minimum atomic E-state index is 0.499. The maximum absolute atomic E-state index is 5.70. The van der Waals surface area contributed by atoms with Gasteiger partial charge in [-0.1, -0.05) is 0 Å². The Morgan fingerprint density at radius 1 is 1.54 bits per heavy atom. The Hall–Kier alpha value is -0.470. The highest BCUT2D eigenvalue weighted by atomic mass is 35.5. The van der Waals surface area contributed by atoms with Crippen LogP contribution in [0.2, 0.25) is 5.22 Å². The summed E-state index contributed by atoms with van der Waals surface area (Å²) >= 11 is 5.70. The first kappa shape index (κ1) is 9.10. The molecule has 0 amide bonds. The van der Waals surface area contributed by atoms with Crippen molar-refractivity contribution in [2.45, 2.75) is 19.3 Å². The lowest BCUT2D eigenvalue weighted by Crippen LogP contribution is -2.30. The second-order valence-electron chi connectivity index (χ2n) is 3.62. The number of halogens is 1. The average Bonchev–Trinajstić information content (AvgIpc) is 2.53. The third-order valence-corrected chi connectivity index (χ3v) is 2.72. The van der Waals surface area contributed by atoms with Gasteiger partial charge in [-0.2, -0.15) is 0 Å². The third-order valence-electron chi connectivity index (χ3n) is 2.52. The Labute approximate surface area is 83.3 Å². The zero-order chi connectivity index (χ0) is 9.10. The smallest absolute Gasteiger partial charge is 0.193 e. The van der Waals surface area contributed by atoms with Crippen molar-refractivity contribution in [3.05, 3.63) is 23.1 Å². The molecule has 1 aromatic heterocycles. The minimum absolute atomic E-state index is 0.499. The second kappa shape index (κ2) is 4.16. The third kappa shape index (κ3) is 2.48. The lowest BCUT2D eigenvalue weighted by atomic mass is 9.95. The quantitative estimate of drug-likeness (QED) is 0.792. The van der Waals surface area contributed by atoms with Crippen molar-refractivity contribution >= 4 is 11.6 Å². The average molecular weight is 200 g/mol. The van der Waals surface area contributed by atoms with Crippen molar-refractivity contribution in [1.29, 1.82) is 0 Å². The van der Waals surface area contributed by atoms with E-state index in [0.717, 1.165) is 31.2 Å². The van der Waals surface area contributed by atoms with E-state index in [1.54, 1.807) is 0 Å². The summed E-state index contributed by atoms with van der Waals surface area (Å²) in [7, 11) is 0. The van der Waals surface area contributed by atoms with Gasteiger partial charge in [-0.25, -0.2) is 0 Å². The summed E-state index contributed by atoms with van der Waals surface area (Å²) in [5.41, 5.74) is 0. The molecule has 0 radical (unpaired) electrons. The molecule has 1 saturated heterocycles. The second-order valence-corrected chi connectivity index (χ2v) is 3.99. The zero-order valence-electron chi connectivity index (χ0n) is 7.55. The van der Waals surface area contributed by atoms with E-state index in [4.69, 9.17) is 16.0 Å². The van der Waals surface area contributed by atoms with E-state index in [9.17, 15) is 0 Å². The van der Waals surface area contributed by atoms with Crippen molar-refractivity contribution < 1.29 is 4.42 Å². The molecular weight excluding hydrogens is 186 g/mol. The maximum Gasteiger partial charge on any atom is 0.193 e. The summed E-state index contributed by atoms with van der Waals surface area (Å²) < 4.78 is 5.32. The Balaban J connectivity index is 1.89. The molecule has 0 saturated carbocycles. The molecule has 0 spiro atoms. The summed E-state index contributed by atoms with van der Waals surface area (Å²) in [5, 5.41) is 3.89. The van der Waals surface area contributed by atoms with Crippen molar-refractivity contribution in [1.82, 2.24) is 5.32 Å². The Morgan fingerprint density at radius 3 is 3.08 bits per heavy atom. The van der Waals surface area contributed by atoms with Crippen LogP contribution in [0.5, 0.6) is 0 Å². The van der Waals surface area contributed by atoms with Crippen molar-refractivity contribution in [3.63, 3.8) is 0 Å². The predicted molar refractivity (Wildman–Crippen MR) is 53.0 cm³/mol. The van der Waals surface area contributed by atoms with Gasteiger partial charge in [0.2, 0.25) is 0 Å². The normalized spacial score (nSPS) is 23.3. The first-order valence-electron chi connectivity index (χ1n) is 4.79. The monoisotopic (exact) mass is 199 g/mol. The van der Waals surface area contributed by atoms with Gasteiger partial charge in [0.15, 0.2) is 5.22 Å². The van der Waals surface area contributed by atoms with Crippen LogP contribution in [0.1, 0.15) is 18.6 Å². The minimum Gasteiger partial charge on any atom is -0.450 e.